The van der Waals surface area contributed by atoms with Gasteiger partial charge in [0, 0.05) is 25.3 Å². The first-order valence-corrected chi connectivity index (χ1v) is 7.35. The second-order valence-corrected chi connectivity index (χ2v) is 5.84. The van der Waals surface area contributed by atoms with Gasteiger partial charge in [0.15, 0.2) is 0 Å². The van der Waals surface area contributed by atoms with E-state index in [1.165, 1.54) is 6.42 Å². The van der Waals surface area contributed by atoms with Crippen LogP contribution in [0.3, 0.4) is 0 Å². The van der Waals surface area contributed by atoms with Gasteiger partial charge in [-0.1, -0.05) is 20.8 Å². The predicted octanol–water partition coefficient (Wildman–Crippen LogP) is 3.42. The summed E-state index contributed by atoms with van der Waals surface area (Å²) < 4.78 is 13.7. The average molecular weight is 264 g/mol. The van der Waals surface area contributed by atoms with Crippen LogP contribution in [0.15, 0.2) is 18.2 Å². The molecule has 1 aliphatic rings. The van der Waals surface area contributed by atoms with Gasteiger partial charge in [-0.2, -0.15) is 0 Å². The van der Waals surface area contributed by atoms with Gasteiger partial charge < -0.3 is 10.2 Å². The van der Waals surface area contributed by atoms with Crippen molar-refractivity contribution < 1.29 is 4.39 Å². The minimum atomic E-state index is -0.126. The number of hydrogen-bond donors (Lipinski definition) is 1. The van der Waals surface area contributed by atoms with Crippen LogP contribution in [0.2, 0.25) is 0 Å². The number of nitrogens with zero attached hydrogens (tertiary/aromatic N) is 1. The first-order valence-electron chi connectivity index (χ1n) is 7.35. The molecule has 1 aromatic rings. The van der Waals surface area contributed by atoms with Crippen LogP contribution in [0.1, 0.15) is 32.8 Å². The third-order valence-corrected chi connectivity index (χ3v) is 4.05. The third-order valence-electron chi connectivity index (χ3n) is 4.05. The Morgan fingerprint density at radius 1 is 1.37 bits per heavy atom. The molecule has 1 atom stereocenters. The molecule has 2 nitrogen and oxygen atoms in total. The molecule has 0 amide bonds. The molecule has 1 saturated heterocycles. The fourth-order valence-electron chi connectivity index (χ4n) is 2.75. The molecule has 1 aromatic carbocycles. The van der Waals surface area contributed by atoms with Gasteiger partial charge in [-0.25, -0.2) is 4.39 Å². The van der Waals surface area contributed by atoms with Crippen molar-refractivity contribution in [2.75, 3.05) is 24.5 Å². The Bertz CT molecular complexity index is 417. The molecule has 1 unspecified atom stereocenters. The summed E-state index contributed by atoms with van der Waals surface area (Å²) in [5.74, 6) is 1.32. The summed E-state index contributed by atoms with van der Waals surface area (Å²) in [4.78, 5) is 2.32. The Hall–Kier alpha value is -1.09. The highest BCUT2D eigenvalue weighted by molar-refractivity contribution is 5.50. The first kappa shape index (κ1) is 14.3. The van der Waals surface area contributed by atoms with Crippen LogP contribution in [0.25, 0.3) is 0 Å². The van der Waals surface area contributed by atoms with E-state index in [0.717, 1.165) is 43.3 Å². The number of anilines is 1. The molecule has 0 aliphatic carbocycles. The number of hydrogen-bond acceptors (Lipinski definition) is 2. The molecule has 1 N–H and O–H groups in total. The van der Waals surface area contributed by atoms with Crippen molar-refractivity contribution in [1.82, 2.24) is 5.32 Å². The maximum Gasteiger partial charge on any atom is 0.125 e. The van der Waals surface area contributed by atoms with Crippen LogP contribution >= 0.6 is 0 Å². The van der Waals surface area contributed by atoms with Gasteiger partial charge >= 0.3 is 0 Å². The van der Waals surface area contributed by atoms with E-state index >= 15 is 0 Å². The molecule has 0 spiro atoms. The molecular weight excluding hydrogens is 239 g/mol. The highest BCUT2D eigenvalue weighted by Gasteiger charge is 2.25. The number of nitrogens with one attached hydrogen (secondary N) is 1. The monoisotopic (exact) mass is 264 g/mol. The van der Waals surface area contributed by atoms with Crippen molar-refractivity contribution in [1.29, 1.82) is 0 Å². The Morgan fingerprint density at radius 3 is 2.79 bits per heavy atom. The second kappa shape index (κ2) is 6.38. The SMILES string of the molecule is CCNCc1cc(F)cc(N2CCC(C(C)C)C2)c1. The third kappa shape index (κ3) is 3.69. The first-order chi connectivity index (χ1) is 9.10. The zero-order valence-corrected chi connectivity index (χ0v) is 12.2. The Balaban J connectivity index is 2.09. The largest absolute Gasteiger partial charge is 0.371 e. The lowest BCUT2D eigenvalue weighted by molar-refractivity contribution is 0.422. The highest BCUT2D eigenvalue weighted by atomic mass is 19.1. The van der Waals surface area contributed by atoms with Crippen molar-refractivity contribution in [3.63, 3.8) is 0 Å². The molecule has 1 heterocycles. The topological polar surface area (TPSA) is 15.3 Å². The minimum Gasteiger partial charge on any atom is -0.371 e. The number of benzene rings is 1. The number of halogens is 1. The average Bonchev–Trinajstić information content (AvgIpc) is 2.85. The van der Waals surface area contributed by atoms with Crippen LogP contribution in [-0.4, -0.2) is 19.6 Å². The van der Waals surface area contributed by atoms with E-state index in [1.807, 2.05) is 0 Å². The van der Waals surface area contributed by atoms with E-state index in [2.05, 4.69) is 37.1 Å². The van der Waals surface area contributed by atoms with Gasteiger partial charge in [0.2, 0.25) is 0 Å². The summed E-state index contributed by atoms with van der Waals surface area (Å²) in [6.07, 6.45) is 1.22. The molecule has 3 heteroatoms. The molecule has 19 heavy (non-hydrogen) atoms. The van der Waals surface area contributed by atoms with Crippen molar-refractivity contribution >= 4 is 5.69 Å². The summed E-state index contributed by atoms with van der Waals surface area (Å²) in [5.41, 5.74) is 2.07. The van der Waals surface area contributed by atoms with Gasteiger partial charge in [-0.05, 0) is 48.6 Å². The highest BCUT2D eigenvalue weighted by Crippen LogP contribution is 2.29. The second-order valence-electron chi connectivity index (χ2n) is 5.84. The Kier molecular flexibility index (Phi) is 4.81. The lowest BCUT2D eigenvalue weighted by Crippen LogP contribution is -2.21. The molecule has 0 bridgehead atoms. The molecule has 1 fully saturated rings. The molecule has 0 saturated carbocycles. The number of rotatable bonds is 5. The maximum absolute atomic E-state index is 13.7. The predicted molar refractivity (Wildman–Crippen MR) is 78.9 cm³/mol. The van der Waals surface area contributed by atoms with E-state index in [1.54, 1.807) is 12.1 Å². The molecule has 0 radical (unpaired) electrons. The van der Waals surface area contributed by atoms with Crippen molar-refractivity contribution in [3.05, 3.63) is 29.6 Å². The molecular formula is C16H25FN2. The fraction of sp³-hybridized carbons (Fsp3) is 0.625. The maximum atomic E-state index is 13.7. The quantitative estimate of drug-likeness (QED) is 0.876. The van der Waals surface area contributed by atoms with Crippen LogP contribution in [0.5, 0.6) is 0 Å². The van der Waals surface area contributed by atoms with Crippen molar-refractivity contribution in [3.8, 4) is 0 Å². The zero-order valence-electron chi connectivity index (χ0n) is 12.2. The van der Waals surface area contributed by atoms with Gasteiger partial charge in [-0.3, -0.25) is 0 Å². The van der Waals surface area contributed by atoms with Crippen LogP contribution < -0.4 is 10.2 Å². The summed E-state index contributed by atoms with van der Waals surface area (Å²) in [7, 11) is 0. The Morgan fingerprint density at radius 2 is 2.16 bits per heavy atom. The van der Waals surface area contributed by atoms with Gasteiger partial charge in [0.1, 0.15) is 5.82 Å². The van der Waals surface area contributed by atoms with E-state index in [-0.39, 0.29) is 5.82 Å². The molecule has 0 aromatic heterocycles. The zero-order chi connectivity index (χ0) is 13.8. The summed E-state index contributed by atoms with van der Waals surface area (Å²) in [6, 6.07) is 5.41. The van der Waals surface area contributed by atoms with E-state index in [0.29, 0.717) is 5.92 Å². The van der Waals surface area contributed by atoms with Gasteiger partial charge in [0.25, 0.3) is 0 Å². The Labute approximate surface area is 116 Å². The molecule has 2 rings (SSSR count). The standard InChI is InChI=1S/C16H25FN2/c1-4-18-10-13-7-15(17)9-16(8-13)19-6-5-14(11-19)12(2)3/h7-9,12,14,18H,4-6,10-11H2,1-3H3. The summed E-state index contributed by atoms with van der Waals surface area (Å²) in [5, 5.41) is 3.25. The summed E-state index contributed by atoms with van der Waals surface area (Å²) >= 11 is 0. The summed E-state index contributed by atoms with van der Waals surface area (Å²) in [6.45, 7) is 10.4. The van der Waals surface area contributed by atoms with Crippen molar-refractivity contribution in [2.45, 2.75) is 33.7 Å². The van der Waals surface area contributed by atoms with Gasteiger partial charge in [-0.15, -0.1) is 0 Å². The van der Waals surface area contributed by atoms with E-state index in [9.17, 15) is 4.39 Å². The normalized spacial score (nSPS) is 19.4. The van der Waals surface area contributed by atoms with Crippen LogP contribution in [0, 0.1) is 17.7 Å². The fourth-order valence-corrected chi connectivity index (χ4v) is 2.75. The van der Waals surface area contributed by atoms with E-state index in [4.69, 9.17) is 0 Å². The smallest absolute Gasteiger partial charge is 0.125 e. The molecule has 106 valence electrons. The lowest BCUT2D eigenvalue weighted by atomic mass is 9.95. The minimum absolute atomic E-state index is 0.126. The van der Waals surface area contributed by atoms with Crippen LogP contribution in [0.4, 0.5) is 10.1 Å². The lowest BCUT2D eigenvalue weighted by Gasteiger charge is -2.21. The molecule has 1 aliphatic heterocycles. The van der Waals surface area contributed by atoms with Crippen molar-refractivity contribution in [2.24, 2.45) is 11.8 Å². The van der Waals surface area contributed by atoms with Gasteiger partial charge in [0.05, 0.1) is 0 Å². The van der Waals surface area contributed by atoms with E-state index < -0.39 is 0 Å². The van der Waals surface area contributed by atoms with Crippen LogP contribution in [-0.2, 0) is 6.54 Å².